The summed E-state index contributed by atoms with van der Waals surface area (Å²) >= 11 is 0. The van der Waals surface area contributed by atoms with Crippen LogP contribution in [0.4, 0.5) is 4.79 Å². The zero-order valence-corrected chi connectivity index (χ0v) is 15.0. The molecular formula is C20H24N4O2. The van der Waals surface area contributed by atoms with E-state index in [-0.39, 0.29) is 12.1 Å². The molecule has 1 saturated carbocycles. The maximum atomic E-state index is 12.8. The second kappa shape index (κ2) is 7.32. The van der Waals surface area contributed by atoms with Crippen molar-refractivity contribution >= 4 is 6.03 Å². The quantitative estimate of drug-likeness (QED) is 0.900. The Hall–Kier alpha value is -2.63. The summed E-state index contributed by atoms with van der Waals surface area (Å²) in [6.07, 6.45) is 9.67. The number of amides is 2. The Balaban J connectivity index is 1.57. The van der Waals surface area contributed by atoms with Crippen LogP contribution in [0.1, 0.15) is 38.2 Å². The van der Waals surface area contributed by atoms with E-state index in [4.69, 9.17) is 4.74 Å². The van der Waals surface area contributed by atoms with E-state index in [2.05, 4.69) is 21.4 Å². The normalized spacial score (nSPS) is 20.2. The van der Waals surface area contributed by atoms with Gasteiger partial charge in [-0.2, -0.15) is 0 Å². The molecule has 0 saturated heterocycles. The van der Waals surface area contributed by atoms with Crippen LogP contribution in [0.15, 0.2) is 36.9 Å². The highest BCUT2D eigenvalue weighted by Gasteiger charge is 2.28. The molecule has 6 nitrogen and oxygen atoms in total. The topological polar surface area (TPSA) is 67.4 Å². The highest BCUT2D eigenvalue weighted by atomic mass is 16.5. The smallest absolute Gasteiger partial charge is 0.318 e. The van der Waals surface area contributed by atoms with Gasteiger partial charge >= 0.3 is 6.03 Å². The molecule has 6 heteroatoms. The van der Waals surface area contributed by atoms with Crippen molar-refractivity contribution in [1.29, 1.82) is 0 Å². The summed E-state index contributed by atoms with van der Waals surface area (Å²) in [7, 11) is 0. The van der Waals surface area contributed by atoms with Gasteiger partial charge in [-0.25, -0.2) is 14.8 Å². The van der Waals surface area contributed by atoms with Crippen molar-refractivity contribution < 1.29 is 9.53 Å². The zero-order chi connectivity index (χ0) is 17.9. The van der Waals surface area contributed by atoms with E-state index < -0.39 is 0 Å². The van der Waals surface area contributed by atoms with Gasteiger partial charge in [-0.15, -0.1) is 0 Å². The second-order valence-electron chi connectivity index (χ2n) is 7.17. The summed E-state index contributed by atoms with van der Waals surface area (Å²) in [5, 5.41) is 3.20. The van der Waals surface area contributed by atoms with Gasteiger partial charge in [0.05, 0.1) is 12.6 Å². The molecule has 1 aliphatic carbocycles. The molecule has 2 amide bonds. The molecule has 1 aromatic carbocycles. The van der Waals surface area contributed by atoms with Crippen LogP contribution in [-0.4, -0.2) is 39.6 Å². The summed E-state index contributed by atoms with van der Waals surface area (Å²) in [4.78, 5) is 22.9. The van der Waals surface area contributed by atoms with E-state index in [0.717, 1.165) is 35.3 Å². The highest BCUT2D eigenvalue weighted by Crippen LogP contribution is 2.30. The lowest BCUT2D eigenvalue weighted by Crippen LogP contribution is -2.48. The van der Waals surface area contributed by atoms with Gasteiger partial charge < -0.3 is 15.0 Å². The molecule has 1 N–H and O–H groups in total. The first-order chi connectivity index (χ1) is 12.7. The summed E-state index contributed by atoms with van der Waals surface area (Å²) in [5.74, 6) is 0.841. The van der Waals surface area contributed by atoms with Crippen molar-refractivity contribution in [3.8, 4) is 16.9 Å². The lowest BCUT2D eigenvalue weighted by Gasteiger charge is -2.28. The standard InChI is InChI=1S/C20H24N4O2/c1-14-12-26-19-7-6-15(17-9-21-13-22-10-17)8-16(19)11-24(14)20(25)23-18-4-2-3-5-18/h6-10,13-14,18H,2-5,11-12H2,1H3,(H,23,25)/t14-/m0/s1. The Bertz CT molecular complexity index is 775. The van der Waals surface area contributed by atoms with E-state index in [1.807, 2.05) is 24.0 Å². The molecule has 0 bridgehead atoms. The molecule has 2 aliphatic rings. The largest absolute Gasteiger partial charge is 0.491 e. The van der Waals surface area contributed by atoms with Crippen LogP contribution < -0.4 is 10.1 Å². The Morgan fingerprint density at radius 2 is 1.96 bits per heavy atom. The first kappa shape index (κ1) is 16.8. The number of carbonyl (C=O) groups is 1. The van der Waals surface area contributed by atoms with Crippen molar-refractivity contribution in [2.75, 3.05) is 6.61 Å². The molecule has 0 radical (unpaired) electrons. The lowest BCUT2D eigenvalue weighted by molar-refractivity contribution is 0.154. The third kappa shape index (κ3) is 3.49. The second-order valence-corrected chi connectivity index (χ2v) is 7.17. The van der Waals surface area contributed by atoms with E-state index in [1.54, 1.807) is 12.4 Å². The van der Waals surface area contributed by atoms with Crippen molar-refractivity contribution in [3.63, 3.8) is 0 Å². The van der Waals surface area contributed by atoms with Crippen LogP contribution in [0.25, 0.3) is 11.1 Å². The Kier molecular flexibility index (Phi) is 4.73. The number of carbonyl (C=O) groups excluding carboxylic acids is 1. The van der Waals surface area contributed by atoms with Crippen LogP contribution in [0.3, 0.4) is 0 Å². The maximum absolute atomic E-state index is 12.8. The molecular weight excluding hydrogens is 328 g/mol. The third-order valence-corrected chi connectivity index (χ3v) is 5.25. The molecule has 1 fully saturated rings. The number of ether oxygens (including phenoxy) is 1. The molecule has 26 heavy (non-hydrogen) atoms. The molecule has 2 aromatic rings. The number of hydrogen-bond donors (Lipinski definition) is 1. The van der Waals surface area contributed by atoms with Crippen molar-refractivity contribution in [2.24, 2.45) is 0 Å². The lowest BCUT2D eigenvalue weighted by atomic mass is 10.0. The average Bonchev–Trinajstić information content (AvgIpc) is 3.11. The van der Waals surface area contributed by atoms with Crippen molar-refractivity contribution in [1.82, 2.24) is 20.2 Å². The Morgan fingerprint density at radius 1 is 1.19 bits per heavy atom. The number of benzene rings is 1. The van der Waals surface area contributed by atoms with Gasteiger partial charge in [-0.3, -0.25) is 0 Å². The summed E-state index contributed by atoms with van der Waals surface area (Å²) < 4.78 is 5.95. The zero-order valence-electron chi connectivity index (χ0n) is 15.0. The minimum atomic E-state index is 0.00861. The number of aromatic nitrogens is 2. The number of fused-ring (bicyclic) bond motifs is 1. The predicted molar refractivity (Wildman–Crippen MR) is 98.8 cm³/mol. The third-order valence-electron chi connectivity index (χ3n) is 5.25. The Morgan fingerprint density at radius 3 is 2.73 bits per heavy atom. The first-order valence-electron chi connectivity index (χ1n) is 9.29. The SMILES string of the molecule is C[C@H]1COc2ccc(-c3cncnc3)cc2CN1C(=O)NC1CCCC1. The van der Waals surface area contributed by atoms with E-state index >= 15 is 0 Å². The van der Waals surface area contributed by atoms with Gasteiger partial charge in [0.25, 0.3) is 0 Å². The molecule has 136 valence electrons. The first-order valence-corrected chi connectivity index (χ1v) is 9.29. The van der Waals surface area contributed by atoms with Crippen LogP contribution >= 0.6 is 0 Å². The van der Waals surface area contributed by atoms with Crippen LogP contribution in [-0.2, 0) is 6.54 Å². The van der Waals surface area contributed by atoms with Gasteiger partial charge in [-0.1, -0.05) is 18.9 Å². The minimum Gasteiger partial charge on any atom is -0.491 e. The number of nitrogens with zero attached hydrogens (tertiary/aromatic N) is 3. The van der Waals surface area contributed by atoms with Gasteiger partial charge in [0.2, 0.25) is 0 Å². The predicted octanol–water partition coefficient (Wildman–Crippen LogP) is 3.38. The molecule has 1 atom stereocenters. The number of urea groups is 1. The average molecular weight is 352 g/mol. The van der Waals surface area contributed by atoms with Gasteiger partial charge in [0.15, 0.2) is 0 Å². The van der Waals surface area contributed by atoms with Crippen molar-refractivity contribution in [2.45, 2.75) is 51.2 Å². The fourth-order valence-corrected chi connectivity index (χ4v) is 3.71. The maximum Gasteiger partial charge on any atom is 0.318 e. The van der Waals surface area contributed by atoms with Crippen LogP contribution in [0.5, 0.6) is 5.75 Å². The summed E-state index contributed by atoms with van der Waals surface area (Å²) in [6, 6.07) is 6.40. The molecule has 1 aliphatic heterocycles. The van der Waals surface area contributed by atoms with E-state index in [1.165, 1.54) is 19.2 Å². The van der Waals surface area contributed by atoms with Crippen LogP contribution in [0, 0.1) is 0 Å². The van der Waals surface area contributed by atoms with E-state index in [9.17, 15) is 4.79 Å². The van der Waals surface area contributed by atoms with Gasteiger partial charge in [0.1, 0.15) is 18.7 Å². The van der Waals surface area contributed by atoms with Crippen LogP contribution in [0.2, 0.25) is 0 Å². The summed E-state index contributed by atoms with van der Waals surface area (Å²) in [6.45, 7) is 3.07. The molecule has 1 aromatic heterocycles. The fourth-order valence-electron chi connectivity index (χ4n) is 3.71. The monoisotopic (exact) mass is 352 g/mol. The molecule has 0 unspecified atom stereocenters. The molecule has 2 heterocycles. The molecule has 0 spiro atoms. The number of hydrogen-bond acceptors (Lipinski definition) is 4. The van der Waals surface area contributed by atoms with Gasteiger partial charge in [0, 0.05) is 29.6 Å². The number of nitrogens with one attached hydrogen (secondary N) is 1. The van der Waals surface area contributed by atoms with Gasteiger partial charge in [-0.05, 0) is 37.5 Å². The number of rotatable bonds is 2. The Labute approximate surface area is 153 Å². The highest BCUT2D eigenvalue weighted by molar-refractivity contribution is 5.75. The van der Waals surface area contributed by atoms with Crippen molar-refractivity contribution in [3.05, 3.63) is 42.5 Å². The molecule has 4 rings (SSSR count). The van der Waals surface area contributed by atoms with E-state index in [0.29, 0.717) is 19.2 Å². The fraction of sp³-hybridized carbons (Fsp3) is 0.450. The summed E-state index contributed by atoms with van der Waals surface area (Å²) in [5.41, 5.74) is 2.99. The minimum absolute atomic E-state index is 0.00861.